The molecule has 27 heavy (non-hydrogen) atoms. The fourth-order valence-electron chi connectivity index (χ4n) is 2.46. The molecular weight excluding hydrogens is 336 g/mol. The summed E-state index contributed by atoms with van der Waals surface area (Å²) in [6.45, 7) is 0. The summed E-state index contributed by atoms with van der Waals surface area (Å²) in [6, 6.07) is 27.0. The van der Waals surface area contributed by atoms with Crippen LogP contribution < -0.4 is 5.43 Å². The first kappa shape index (κ1) is 16.5. The summed E-state index contributed by atoms with van der Waals surface area (Å²) in [4.78, 5) is 8.81. The zero-order valence-electron chi connectivity index (χ0n) is 14.4. The Kier molecular flexibility index (Phi) is 4.88. The van der Waals surface area contributed by atoms with Gasteiger partial charge in [-0.2, -0.15) is 5.10 Å². The summed E-state index contributed by atoms with van der Waals surface area (Å²) in [5.74, 6) is 0.881. The molecule has 0 fully saturated rings. The molecule has 0 bridgehead atoms. The summed E-state index contributed by atoms with van der Waals surface area (Å²) < 4.78 is 0. The van der Waals surface area contributed by atoms with Crippen molar-refractivity contribution in [2.75, 3.05) is 5.43 Å². The second kappa shape index (κ2) is 7.97. The zero-order valence-corrected chi connectivity index (χ0v) is 14.4. The smallest absolute Gasteiger partial charge is 0.201 e. The van der Waals surface area contributed by atoms with Crippen LogP contribution in [0.15, 0.2) is 106 Å². The number of hydrazone groups is 1. The molecule has 0 spiro atoms. The van der Waals surface area contributed by atoms with Gasteiger partial charge in [0.05, 0.1) is 22.9 Å². The van der Waals surface area contributed by atoms with Crippen LogP contribution in [0.25, 0.3) is 11.0 Å². The standard InChI is InChI=1S/C21H16N6/c1-3-9-16(10-4-1)21(26-24-17-11-5-2-6-12-17)27-25-20-15-22-18-13-7-8-14-19(18)23-20/h1-15,24H. The second-order valence-corrected chi connectivity index (χ2v) is 5.70. The van der Waals surface area contributed by atoms with Crippen molar-refractivity contribution in [2.24, 2.45) is 15.3 Å². The highest BCUT2D eigenvalue weighted by atomic mass is 15.3. The number of nitrogens with zero attached hydrogens (tertiary/aromatic N) is 5. The van der Waals surface area contributed by atoms with Gasteiger partial charge >= 0.3 is 0 Å². The fourth-order valence-corrected chi connectivity index (χ4v) is 2.46. The quantitative estimate of drug-likeness (QED) is 0.238. The van der Waals surface area contributed by atoms with E-state index in [2.05, 4.69) is 30.7 Å². The predicted molar refractivity (Wildman–Crippen MR) is 107 cm³/mol. The maximum atomic E-state index is 4.46. The van der Waals surface area contributed by atoms with E-state index in [4.69, 9.17) is 0 Å². The van der Waals surface area contributed by atoms with Gasteiger partial charge in [0.2, 0.25) is 5.84 Å². The molecule has 0 radical (unpaired) electrons. The maximum absolute atomic E-state index is 4.46. The van der Waals surface area contributed by atoms with Crippen molar-refractivity contribution in [3.63, 3.8) is 0 Å². The number of hydrogen-bond acceptors (Lipinski definition) is 5. The van der Waals surface area contributed by atoms with E-state index in [9.17, 15) is 0 Å². The molecule has 0 amide bonds. The van der Waals surface area contributed by atoms with E-state index in [1.807, 2.05) is 84.9 Å². The van der Waals surface area contributed by atoms with E-state index in [1.165, 1.54) is 0 Å². The van der Waals surface area contributed by atoms with Crippen LogP contribution in [0.4, 0.5) is 11.5 Å². The highest BCUT2D eigenvalue weighted by Crippen LogP contribution is 2.15. The zero-order chi connectivity index (χ0) is 18.3. The molecule has 0 unspecified atom stereocenters. The van der Waals surface area contributed by atoms with E-state index in [0.29, 0.717) is 11.7 Å². The summed E-state index contributed by atoms with van der Waals surface area (Å²) >= 11 is 0. The Morgan fingerprint density at radius 1 is 0.741 bits per heavy atom. The minimum absolute atomic E-state index is 0.428. The number of rotatable bonds is 4. The molecule has 0 aliphatic carbocycles. The molecule has 6 nitrogen and oxygen atoms in total. The van der Waals surface area contributed by atoms with Gasteiger partial charge in [-0.3, -0.25) is 10.4 Å². The highest BCUT2D eigenvalue weighted by Gasteiger charge is 2.03. The molecule has 0 aliphatic heterocycles. The van der Waals surface area contributed by atoms with Gasteiger partial charge in [0.25, 0.3) is 0 Å². The Morgan fingerprint density at radius 2 is 1.41 bits per heavy atom. The van der Waals surface area contributed by atoms with Gasteiger partial charge in [0.15, 0.2) is 5.82 Å². The normalized spacial score (nSPS) is 11.8. The van der Waals surface area contributed by atoms with Crippen molar-refractivity contribution < 1.29 is 0 Å². The number of hydrogen-bond donors (Lipinski definition) is 1. The SMILES string of the molecule is c1ccc(NN=C(N=Nc2cnc3ccccc3n2)c2ccccc2)cc1. The lowest BCUT2D eigenvalue weighted by atomic mass is 10.2. The van der Waals surface area contributed by atoms with Crippen molar-refractivity contribution in [1.82, 2.24) is 9.97 Å². The number of aromatic nitrogens is 2. The van der Waals surface area contributed by atoms with E-state index in [-0.39, 0.29) is 0 Å². The molecule has 0 atom stereocenters. The van der Waals surface area contributed by atoms with Crippen molar-refractivity contribution >= 4 is 28.4 Å². The molecule has 1 N–H and O–H groups in total. The number of benzene rings is 3. The van der Waals surface area contributed by atoms with Crippen molar-refractivity contribution in [1.29, 1.82) is 0 Å². The number of amidine groups is 1. The average molecular weight is 352 g/mol. The van der Waals surface area contributed by atoms with E-state index >= 15 is 0 Å². The van der Waals surface area contributed by atoms with Gasteiger partial charge in [-0.05, 0) is 24.3 Å². The first-order valence-electron chi connectivity index (χ1n) is 8.46. The first-order chi connectivity index (χ1) is 13.4. The Morgan fingerprint density at radius 3 is 2.19 bits per heavy atom. The molecule has 0 aliphatic rings. The van der Waals surface area contributed by atoms with Gasteiger partial charge < -0.3 is 0 Å². The number of azo groups is 1. The molecule has 1 aromatic heterocycles. The third-order valence-corrected chi connectivity index (χ3v) is 3.78. The van der Waals surface area contributed by atoms with Crippen LogP contribution in [0.2, 0.25) is 0 Å². The number of fused-ring (bicyclic) bond motifs is 1. The molecule has 0 saturated carbocycles. The summed E-state index contributed by atoms with van der Waals surface area (Å²) in [7, 11) is 0. The summed E-state index contributed by atoms with van der Waals surface area (Å²) in [6.07, 6.45) is 1.60. The van der Waals surface area contributed by atoms with Crippen LogP contribution in [-0.2, 0) is 0 Å². The molecule has 3 aromatic carbocycles. The molecule has 1 heterocycles. The van der Waals surface area contributed by atoms with E-state index in [0.717, 1.165) is 22.3 Å². The van der Waals surface area contributed by atoms with Crippen LogP contribution in [0.3, 0.4) is 0 Å². The largest absolute Gasteiger partial charge is 0.276 e. The fraction of sp³-hybridized carbons (Fsp3) is 0. The molecule has 0 saturated heterocycles. The first-order valence-corrected chi connectivity index (χ1v) is 8.46. The number of para-hydroxylation sites is 3. The molecule has 4 rings (SSSR count). The number of nitrogens with one attached hydrogen (secondary N) is 1. The molecule has 6 heteroatoms. The molecule has 130 valence electrons. The Bertz CT molecular complexity index is 1090. The topological polar surface area (TPSA) is 74.9 Å². The Labute approximate surface area is 156 Å². The van der Waals surface area contributed by atoms with Crippen LogP contribution >= 0.6 is 0 Å². The Hall–Kier alpha value is -3.93. The lowest BCUT2D eigenvalue weighted by molar-refractivity contribution is 1.15. The van der Waals surface area contributed by atoms with E-state index < -0.39 is 0 Å². The summed E-state index contributed by atoms with van der Waals surface area (Å²) in [5, 5.41) is 12.9. The van der Waals surface area contributed by atoms with Gasteiger partial charge in [-0.15, -0.1) is 10.2 Å². The average Bonchev–Trinajstić information content (AvgIpc) is 2.75. The van der Waals surface area contributed by atoms with Gasteiger partial charge in [0, 0.05) is 5.56 Å². The van der Waals surface area contributed by atoms with Crippen LogP contribution in [0.1, 0.15) is 5.56 Å². The Balaban J connectivity index is 1.64. The van der Waals surface area contributed by atoms with Crippen molar-refractivity contribution in [3.8, 4) is 0 Å². The van der Waals surface area contributed by atoms with Crippen LogP contribution in [0.5, 0.6) is 0 Å². The van der Waals surface area contributed by atoms with Crippen molar-refractivity contribution in [2.45, 2.75) is 0 Å². The second-order valence-electron chi connectivity index (χ2n) is 5.70. The lowest BCUT2D eigenvalue weighted by Crippen LogP contribution is -2.01. The predicted octanol–water partition coefficient (Wildman–Crippen LogP) is 5.19. The maximum Gasteiger partial charge on any atom is 0.201 e. The monoisotopic (exact) mass is 352 g/mol. The minimum atomic E-state index is 0.428. The third-order valence-electron chi connectivity index (χ3n) is 3.78. The van der Waals surface area contributed by atoms with E-state index in [1.54, 1.807) is 6.20 Å². The molecule has 4 aromatic rings. The van der Waals surface area contributed by atoms with Crippen LogP contribution in [0, 0.1) is 0 Å². The van der Waals surface area contributed by atoms with Crippen molar-refractivity contribution in [3.05, 3.63) is 96.7 Å². The van der Waals surface area contributed by atoms with Gasteiger partial charge in [-0.25, -0.2) is 4.98 Å². The van der Waals surface area contributed by atoms with Crippen LogP contribution in [-0.4, -0.2) is 15.8 Å². The van der Waals surface area contributed by atoms with Gasteiger partial charge in [-0.1, -0.05) is 60.7 Å². The highest BCUT2D eigenvalue weighted by molar-refractivity contribution is 5.99. The van der Waals surface area contributed by atoms with Gasteiger partial charge in [0.1, 0.15) is 0 Å². The number of anilines is 1. The summed E-state index contributed by atoms with van der Waals surface area (Å²) in [5.41, 5.74) is 6.31. The third kappa shape index (κ3) is 4.19. The minimum Gasteiger partial charge on any atom is -0.276 e. The molecular formula is C21H16N6. The lowest BCUT2D eigenvalue weighted by Gasteiger charge is -2.03.